The van der Waals surface area contributed by atoms with E-state index in [1.807, 2.05) is 6.92 Å². The van der Waals surface area contributed by atoms with Crippen LogP contribution in [-0.4, -0.2) is 46.7 Å². The topological polar surface area (TPSA) is 61.0 Å². The number of hydrogen-bond donors (Lipinski definition) is 2. The summed E-state index contributed by atoms with van der Waals surface area (Å²) in [4.78, 5) is 15.1. The van der Waals surface area contributed by atoms with Crippen LogP contribution in [-0.2, 0) is 0 Å². The number of nitrogens with zero attached hydrogens (tertiary/aromatic N) is 2. The minimum absolute atomic E-state index is 0.0447. The lowest BCUT2D eigenvalue weighted by atomic mass is 10.1. The SMILES string of the molecule is CCCCCN(CCCCC)CC(C)NC(=O)c1cc(-c2ccc(F)cc2)n[nH]1. The normalized spacial score (nSPS) is 12.3. The molecule has 0 spiro atoms. The van der Waals surface area contributed by atoms with E-state index in [9.17, 15) is 9.18 Å². The molecule has 0 aliphatic heterocycles. The number of aromatic amines is 1. The molecule has 1 aromatic carbocycles. The number of benzene rings is 1. The fraction of sp³-hybridized carbons (Fsp3) is 0.565. The van der Waals surface area contributed by atoms with Crippen molar-refractivity contribution in [1.82, 2.24) is 20.4 Å². The number of aromatic nitrogens is 2. The molecule has 0 fully saturated rings. The van der Waals surface area contributed by atoms with Gasteiger partial charge in [-0.1, -0.05) is 39.5 Å². The highest BCUT2D eigenvalue weighted by Crippen LogP contribution is 2.18. The molecule has 29 heavy (non-hydrogen) atoms. The van der Waals surface area contributed by atoms with Crippen molar-refractivity contribution in [3.8, 4) is 11.3 Å². The highest BCUT2D eigenvalue weighted by molar-refractivity contribution is 5.93. The number of H-pyrrole nitrogens is 1. The maximum absolute atomic E-state index is 13.1. The van der Waals surface area contributed by atoms with Gasteiger partial charge in [0.15, 0.2) is 0 Å². The molecule has 1 unspecified atom stereocenters. The smallest absolute Gasteiger partial charge is 0.269 e. The van der Waals surface area contributed by atoms with Gasteiger partial charge in [-0.2, -0.15) is 5.10 Å². The summed E-state index contributed by atoms with van der Waals surface area (Å²) in [6, 6.07) is 7.83. The zero-order valence-corrected chi connectivity index (χ0v) is 18.0. The molecular weight excluding hydrogens is 367 g/mol. The molecule has 0 radical (unpaired) electrons. The van der Waals surface area contributed by atoms with E-state index < -0.39 is 0 Å². The zero-order valence-electron chi connectivity index (χ0n) is 18.0. The fourth-order valence-electron chi connectivity index (χ4n) is 3.41. The average Bonchev–Trinajstić information content (AvgIpc) is 3.19. The molecule has 2 N–H and O–H groups in total. The van der Waals surface area contributed by atoms with E-state index in [1.165, 1.54) is 50.7 Å². The van der Waals surface area contributed by atoms with Crippen molar-refractivity contribution in [3.63, 3.8) is 0 Å². The van der Waals surface area contributed by atoms with Crippen LogP contribution in [0.5, 0.6) is 0 Å². The molecule has 160 valence electrons. The summed E-state index contributed by atoms with van der Waals surface area (Å²) in [6.07, 6.45) is 7.31. The Labute approximate surface area is 174 Å². The molecular formula is C23H35FN4O. The van der Waals surface area contributed by atoms with Gasteiger partial charge in [-0.3, -0.25) is 9.89 Å². The predicted octanol–water partition coefficient (Wildman–Crippen LogP) is 5.02. The number of halogens is 1. The zero-order chi connectivity index (χ0) is 21.1. The summed E-state index contributed by atoms with van der Waals surface area (Å²) in [6.45, 7) is 9.48. The van der Waals surface area contributed by atoms with Crippen molar-refractivity contribution in [2.75, 3.05) is 19.6 Å². The highest BCUT2D eigenvalue weighted by Gasteiger charge is 2.16. The number of hydrogen-bond acceptors (Lipinski definition) is 3. The predicted molar refractivity (Wildman–Crippen MR) is 116 cm³/mol. The maximum atomic E-state index is 13.1. The third-order valence-electron chi connectivity index (χ3n) is 5.03. The molecule has 2 aromatic rings. The van der Waals surface area contributed by atoms with Crippen LogP contribution in [0.1, 0.15) is 69.8 Å². The number of nitrogens with one attached hydrogen (secondary N) is 2. The Hall–Kier alpha value is -2.21. The first kappa shape index (κ1) is 23.1. The number of rotatable bonds is 13. The fourth-order valence-corrected chi connectivity index (χ4v) is 3.41. The Bertz CT molecular complexity index is 719. The van der Waals surface area contributed by atoms with Crippen molar-refractivity contribution in [2.24, 2.45) is 0 Å². The lowest BCUT2D eigenvalue weighted by Crippen LogP contribution is -2.42. The molecule has 1 aromatic heterocycles. The summed E-state index contributed by atoms with van der Waals surface area (Å²) in [5, 5.41) is 10.0. The Kier molecular flexibility index (Phi) is 9.84. The van der Waals surface area contributed by atoms with Crippen LogP contribution in [0.25, 0.3) is 11.3 Å². The van der Waals surface area contributed by atoms with Crippen LogP contribution in [0.3, 0.4) is 0 Å². The number of carbonyl (C=O) groups excluding carboxylic acids is 1. The molecule has 1 atom stereocenters. The van der Waals surface area contributed by atoms with Gasteiger partial charge >= 0.3 is 0 Å². The van der Waals surface area contributed by atoms with Crippen LogP contribution < -0.4 is 5.32 Å². The summed E-state index contributed by atoms with van der Waals surface area (Å²) in [7, 11) is 0. The molecule has 1 heterocycles. The van der Waals surface area contributed by atoms with Gasteiger partial charge in [0.1, 0.15) is 11.5 Å². The van der Waals surface area contributed by atoms with Gasteiger partial charge < -0.3 is 10.2 Å². The van der Waals surface area contributed by atoms with Gasteiger partial charge in [0.05, 0.1) is 5.69 Å². The first-order valence-electron chi connectivity index (χ1n) is 10.9. The molecule has 0 aliphatic rings. The first-order chi connectivity index (χ1) is 14.0. The quantitative estimate of drug-likeness (QED) is 0.463. The molecule has 0 saturated carbocycles. The molecule has 0 saturated heterocycles. The van der Waals surface area contributed by atoms with E-state index in [0.29, 0.717) is 11.4 Å². The van der Waals surface area contributed by atoms with Gasteiger partial charge in [0.2, 0.25) is 0 Å². The second-order valence-corrected chi connectivity index (χ2v) is 7.76. The lowest BCUT2D eigenvalue weighted by Gasteiger charge is -2.26. The maximum Gasteiger partial charge on any atom is 0.269 e. The Morgan fingerprint density at radius 2 is 1.72 bits per heavy atom. The molecule has 6 heteroatoms. The Balaban J connectivity index is 1.89. The molecule has 2 rings (SSSR count). The van der Waals surface area contributed by atoms with E-state index in [-0.39, 0.29) is 17.8 Å². The number of carbonyl (C=O) groups is 1. The van der Waals surface area contributed by atoms with Gasteiger partial charge in [-0.05, 0) is 63.2 Å². The van der Waals surface area contributed by atoms with E-state index >= 15 is 0 Å². The van der Waals surface area contributed by atoms with Gasteiger partial charge in [-0.25, -0.2) is 4.39 Å². The van der Waals surface area contributed by atoms with Crippen molar-refractivity contribution in [3.05, 3.63) is 41.8 Å². The van der Waals surface area contributed by atoms with Crippen LogP contribution in [0, 0.1) is 5.82 Å². The first-order valence-corrected chi connectivity index (χ1v) is 10.9. The average molecular weight is 403 g/mol. The monoisotopic (exact) mass is 402 g/mol. The highest BCUT2D eigenvalue weighted by atomic mass is 19.1. The third kappa shape index (κ3) is 7.97. The summed E-state index contributed by atoms with van der Waals surface area (Å²) in [5.41, 5.74) is 1.82. The largest absolute Gasteiger partial charge is 0.347 e. The second-order valence-electron chi connectivity index (χ2n) is 7.76. The van der Waals surface area contributed by atoms with Gasteiger partial charge in [0.25, 0.3) is 5.91 Å². The molecule has 1 amide bonds. The molecule has 5 nitrogen and oxygen atoms in total. The minimum atomic E-state index is -0.293. The number of amides is 1. The van der Waals surface area contributed by atoms with Crippen molar-refractivity contribution >= 4 is 5.91 Å². The molecule has 0 bridgehead atoms. The van der Waals surface area contributed by atoms with E-state index in [1.54, 1.807) is 18.2 Å². The third-order valence-corrected chi connectivity index (χ3v) is 5.03. The Morgan fingerprint density at radius 3 is 2.31 bits per heavy atom. The van der Waals surface area contributed by atoms with Gasteiger partial charge in [-0.15, -0.1) is 0 Å². The van der Waals surface area contributed by atoms with Crippen LogP contribution in [0.2, 0.25) is 0 Å². The van der Waals surface area contributed by atoms with E-state index in [2.05, 4.69) is 34.3 Å². The van der Waals surface area contributed by atoms with Crippen LogP contribution in [0.15, 0.2) is 30.3 Å². The van der Waals surface area contributed by atoms with Crippen molar-refractivity contribution in [1.29, 1.82) is 0 Å². The van der Waals surface area contributed by atoms with Crippen LogP contribution in [0.4, 0.5) is 4.39 Å². The van der Waals surface area contributed by atoms with E-state index in [0.717, 1.165) is 25.2 Å². The van der Waals surface area contributed by atoms with Gasteiger partial charge in [0, 0.05) is 18.2 Å². The van der Waals surface area contributed by atoms with Crippen LogP contribution >= 0.6 is 0 Å². The minimum Gasteiger partial charge on any atom is -0.347 e. The van der Waals surface area contributed by atoms with Crippen molar-refractivity contribution in [2.45, 2.75) is 65.3 Å². The Morgan fingerprint density at radius 1 is 1.10 bits per heavy atom. The van der Waals surface area contributed by atoms with E-state index in [4.69, 9.17) is 0 Å². The standard InChI is InChI=1S/C23H35FN4O/c1-4-6-8-14-28(15-9-7-5-2)17-18(3)25-23(29)22-16-21(26-27-22)19-10-12-20(24)13-11-19/h10-13,16,18H,4-9,14-15,17H2,1-3H3,(H,25,29)(H,26,27). The summed E-state index contributed by atoms with van der Waals surface area (Å²) < 4.78 is 13.1. The number of unbranched alkanes of at least 4 members (excludes halogenated alkanes) is 4. The summed E-state index contributed by atoms with van der Waals surface area (Å²) >= 11 is 0. The second kappa shape index (κ2) is 12.4. The van der Waals surface area contributed by atoms with Crippen molar-refractivity contribution < 1.29 is 9.18 Å². The summed E-state index contributed by atoms with van der Waals surface area (Å²) in [5.74, 6) is -0.459. The lowest BCUT2D eigenvalue weighted by molar-refractivity contribution is 0.0923. The molecule has 0 aliphatic carbocycles.